The van der Waals surface area contributed by atoms with Crippen molar-refractivity contribution in [1.29, 1.82) is 0 Å². The van der Waals surface area contributed by atoms with Crippen LogP contribution in [-0.2, 0) is 30.5 Å². The predicted octanol–water partition coefficient (Wildman–Crippen LogP) is 2.95. The average molecular weight is 919 g/mol. The lowest BCUT2D eigenvalue weighted by atomic mass is 9.82. The maximum Gasteiger partial charge on any atom is 0.287 e. The van der Waals surface area contributed by atoms with Gasteiger partial charge in [0.05, 0.1) is 31.4 Å². The summed E-state index contributed by atoms with van der Waals surface area (Å²) in [6.45, 7) is 19.0. The van der Waals surface area contributed by atoms with Crippen LogP contribution in [0.25, 0.3) is 0 Å². The lowest BCUT2D eigenvalue weighted by Gasteiger charge is -2.39. The van der Waals surface area contributed by atoms with Crippen LogP contribution in [0.1, 0.15) is 105 Å². The molecule has 5 rings (SSSR count). The lowest BCUT2D eigenvalue weighted by molar-refractivity contribution is -0.140. The first-order valence-electron chi connectivity index (χ1n) is 22.2. The third-order valence-electron chi connectivity index (χ3n) is 11.6. The van der Waals surface area contributed by atoms with Crippen molar-refractivity contribution < 1.29 is 33.9 Å². The van der Waals surface area contributed by atoms with E-state index < -0.39 is 70.7 Å². The minimum absolute atomic E-state index is 0.117. The molecular weight excluding hydrogens is 853 g/mol. The second-order valence-corrected chi connectivity index (χ2v) is 20.2. The summed E-state index contributed by atoms with van der Waals surface area (Å²) in [7, 11) is 0. The van der Waals surface area contributed by atoms with Gasteiger partial charge >= 0.3 is 0 Å². The van der Waals surface area contributed by atoms with E-state index in [1.54, 1.807) is 11.6 Å². The highest BCUT2D eigenvalue weighted by Gasteiger charge is 2.44. The largest absolute Gasteiger partial charge is 0.394 e. The standard InChI is InChI=1S/C45H66N12O7S/c1-26(2)33-39(60)53-36(44(5,6)7)38(47-24-32(59)57-20-17-27(3)35(57)41(62)50-33)52-37(45(8,9)10)42(63)51-34(28(4)29-14-12-11-13-15-29)40(61)49-30(43-46-19-23-65-43)16-18-48-64-31-25-56(21-22-58)55-54-31/h11-15,18-19,23,25-28,30,33-37,58H,16-17,20-22,24H2,1-10H3,(H,47,52)(H,49,61)(H,50,62)(H,51,63)(H,53,60)/b48-18+/t27-,28?,30+,33+,34+,35+,36-,37-/m1/s1. The first-order valence-corrected chi connectivity index (χ1v) is 23.0. The number of rotatable bonds is 15. The molecule has 2 aromatic heterocycles. The van der Waals surface area contributed by atoms with Gasteiger partial charge in [0.25, 0.3) is 5.88 Å². The van der Waals surface area contributed by atoms with E-state index in [0.29, 0.717) is 18.0 Å². The van der Waals surface area contributed by atoms with Gasteiger partial charge in [-0.1, -0.05) is 115 Å². The molecule has 0 spiro atoms. The number of aliphatic imine (C=N–C) groups is 1. The number of aliphatic hydroxyl groups excluding tert-OH is 1. The Labute approximate surface area is 385 Å². The molecule has 1 fully saturated rings. The van der Waals surface area contributed by atoms with Crippen molar-refractivity contribution in [3.05, 3.63) is 58.7 Å². The number of nitrogens with one attached hydrogen (secondary N) is 5. The summed E-state index contributed by atoms with van der Waals surface area (Å²) in [5, 5.41) is 38.9. The molecule has 20 heteroatoms. The molecule has 2 aliphatic heterocycles. The molecule has 0 saturated carbocycles. The molecule has 354 valence electrons. The van der Waals surface area contributed by atoms with E-state index in [4.69, 9.17) is 9.83 Å². The van der Waals surface area contributed by atoms with Gasteiger partial charge < -0.3 is 41.4 Å². The molecule has 0 aliphatic carbocycles. The van der Waals surface area contributed by atoms with Crippen LogP contribution in [0.4, 0.5) is 0 Å². The zero-order chi connectivity index (χ0) is 47.6. The van der Waals surface area contributed by atoms with E-state index in [-0.39, 0.29) is 61.5 Å². The molecule has 0 radical (unpaired) electrons. The van der Waals surface area contributed by atoms with Crippen LogP contribution in [0.2, 0.25) is 0 Å². The number of aliphatic hydroxyl groups is 1. The van der Waals surface area contributed by atoms with Crippen LogP contribution in [-0.4, -0.2) is 121 Å². The van der Waals surface area contributed by atoms with Crippen molar-refractivity contribution in [1.82, 2.24) is 51.5 Å². The van der Waals surface area contributed by atoms with Crippen molar-refractivity contribution in [2.45, 2.75) is 131 Å². The molecular formula is C45H66N12O7S. The van der Waals surface area contributed by atoms with Gasteiger partial charge in [-0.2, -0.15) is 0 Å². The van der Waals surface area contributed by atoms with Crippen LogP contribution in [0.5, 0.6) is 5.88 Å². The molecule has 0 bridgehead atoms. The molecule has 1 unspecified atom stereocenters. The molecule has 3 aromatic rings. The zero-order valence-corrected chi connectivity index (χ0v) is 39.9. The summed E-state index contributed by atoms with van der Waals surface area (Å²) in [4.78, 5) is 87.6. The van der Waals surface area contributed by atoms with Gasteiger partial charge in [-0.25, -0.2) is 9.67 Å². The molecule has 2 aliphatic rings. The summed E-state index contributed by atoms with van der Waals surface area (Å²) in [6, 6.07) is 4.07. The molecule has 8 atom stereocenters. The van der Waals surface area contributed by atoms with E-state index in [9.17, 15) is 29.1 Å². The van der Waals surface area contributed by atoms with Crippen LogP contribution in [0, 0.1) is 22.7 Å². The zero-order valence-electron chi connectivity index (χ0n) is 39.1. The summed E-state index contributed by atoms with van der Waals surface area (Å²) >= 11 is 1.35. The lowest BCUT2D eigenvalue weighted by Crippen LogP contribution is -2.65. The number of amidine groups is 1. The van der Waals surface area contributed by atoms with Gasteiger partial charge in [0.1, 0.15) is 41.6 Å². The van der Waals surface area contributed by atoms with Crippen LogP contribution >= 0.6 is 11.3 Å². The van der Waals surface area contributed by atoms with E-state index in [1.165, 1.54) is 33.3 Å². The first-order chi connectivity index (χ1) is 30.7. The minimum Gasteiger partial charge on any atom is -0.394 e. The summed E-state index contributed by atoms with van der Waals surface area (Å²) in [5.74, 6) is -2.75. The van der Waals surface area contributed by atoms with Gasteiger partial charge in [-0.3, -0.25) is 29.0 Å². The SMILES string of the molecule is CC(C)[C@@H]1NC(=O)[C@@H]2[C@H](C)CCN2C(=O)CN=C(N[C@H](C(=O)N[C@H](C(=O)N[C@@H](C/C=N/Oc2cn(CCO)nn2)c2nccs2)C(C)c2ccccc2)C(C)(C)C)[C@H](C(C)(C)C)NC1=O. The van der Waals surface area contributed by atoms with Crippen molar-refractivity contribution in [3.63, 3.8) is 0 Å². The minimum atomic E-state index is -1.10. The summed E-state index contributed by atoms with van der Waals surface area (Å²) in [5.41, 5.74) is -0.704. The van der Waals surface area contributed by atoms with Crippen LogP contribution in [0.15, 0.2) is 58.3 Å². The third kappa shape index (κ3) is 13.2. The third-order valence-corrected chi connectivity index (χ3v) is 12.5. The second kappa shape index (κ2) is 21.9. The van der Waals surface area contributed by atoms with Gasteiger partial charge in [-0.05, 0) is 34.7 Å². The van der Waals surface area contributed by atoms with E-state index >= 15 is 0 Å². The Kier molecular flexibility index (Phi) is 17.0. The van der Waals surface area contributed by atoms with E-state index in [2.05, 4.69) is 47.0 Å². The predicted molar refractivity (Wildman–Crippen MR) is 247 cm³/mol. The van der Waals surface area contributed by atoms with Gasteiger partial charge in [-0.15, -0.1) is 11.3 Å². The van der Waals surface area contributed by atoms with Crippen molar-refractivity contribution in [2.75, 3.05) is 19.7 Å². The van der Waals surface area contributed by atoms with Crippen LogP contribution in [0.3, 0.4) is 0 Å². The topological polar surface area (TPSA) is 247 Å². The fraction of sp³-hybridized carbons (Fsp3) is 0.600. The van der Waals surface area contributed by atoms with Crippen molar-refractivity contribution in [3.8, 4) is 5.88 Å². The fourth-order valence-corrected chi connectivity index (χ4v) is 8.58. The number of carbonyl (C=O) groups is 5. The highest BCUT2D eigenvalue weighted by molar-refractivity contribution is 7.09. The highest BCUT2D eigenvalue weighted by Crippen LogP contribution is 2.29. The van der Waals surface area contributed by atoms with Gasteiger partial charge in [0.2, 0.25) is 29.5 Å². The normalized spacial score (nSPS) is 21.8. The Balaban J connectivity index is 1.47. The Morgan fingerprint density at radius 3 is 2.38 bits per heavy atom. The summed E-state index contributed by atoms with van der Waals surface area (Å²) in [6.07, 6.45) is 5.39. The average Bonchev–Trinajstić information content (AvgIpc) is 4.03. The number of hydrogen-bond donors (Lipinski definition) is 6. The number of thiazole rings is 1. The number of nitrogens with zero attached hydrogens (tertiary/aromatic N) is 7. The Morgan fingerprint density at radius 1 is 1.03 bits per heavy atom. The monoisotopic (exact) mass is 918 g/mol. The smallest absolute Gasteiger partial charge is 0.287 e. The number of fused-ring (bicyclic) bond motifs is 1. The molecule has 6 N–H and O–H groups in total. The second-order valence-electron chi connectivity index (χ2n) is 19.3. The number of hydrogen-bond acceptors (Lipinski definition) is 14. The maximum absolute atomic E-state index is 14.9. The molecule has 4 heterocycles. The van der Waals surface area contributed by atoms with Gasteiger partial charge in [0, 0.05) is 36.7 Å². The number of carbonyl (C=O) groups excluding carboxylic acids is 5. The molecule has 65 heavy (non-hydrogen) atoms. The number of amides is 5. The maximum atomic E-state index is 14.9. The highest BCUT2D eigenvalue weighted by atomic mass is 32.1. The first kappa shape index (κ1) is 50.2. The van der Waals surface area contributed by atoms with Crippen molar-refractivity contribution in [2.24, 2.45) is 32.8 Å². The number of benzene rings is 1. The number of aromatic nitrogens is 4. The molecule has 5 amide bonds. The Hall–Kier alpha value is -5.76. The summed E-state index contributed by atoms with van der Waals surface area (Å²) < 4.78 is 1.41. The Morgan fingerprint density at radius 2 is 1.75 bits per heavy atom. The molecule has 19 nitrogen and oxygen atoms in total. The molecule has 1 aromatic carbocycles. The van der Waals surface area contributed by atoms with Crippen LogP contribution < -0.4 is 31.4 Å². The number of oxime groups is 1. The van der Waals surface area contributed by atoms with E-state index in [1.807, 2.05) is 99.6 Å². The molecule has 1 saturated heterocycles. The quantitative estimate of drug-likeness (QED) is 0.0956. The van der Waals surface area contributed by atoms with E-state index in [0.717, 1.165) is 5.56 Å². The Bertz CT molecular complexity index is 2150. The fourth-order valence-electron chi connectivity index (χ4n) is 7.88. The van der Waals surface area contributed by atoms with Gasteiger partial charge in [0.15, 0.2) is 0 Å². The van der Waals surface area contributed by atoms with Crippen molar-refractivity contribution >= 4 is 52.9 Å².